The molecule has 0 saturated carbocycles. The summed E-state index contributed by atoms with van der Waals surface area (Å²) >= 11 is 1.90. The fraction of sp³-hybridized carbons (Fsp3) is 0.750. The smallest absolute Gasteiger partial charge is 0.236 e. The molecule has 1 N–H and O–H groups in total. The molecule has 1 aliphatic heterocycles. The third-order valence-electron chi connectivity index (χ3n) is 2.71. The fourth-order valence-corrected chi connectivity index (χ4v) is 3.04. The van der Waals surface area contributed by atoms with Crippen LogP contribution in [0.2, 0.25) is 0 Å². The maximum atomic E-state index is 12.0. The molecule has 0 radical (unpaired) electrons. The summed E-state index contributed by atoms with van der Waals surface area (Å²) in [7, 11) is 1.66. The molecular weight excluding hydrogens is 236 g/mol. The van der Waals surface area contributed by atoms with E-state index in [2.05, 4.69) is 11.2 Å². The van der Waals surface area contributed by atoms with Crippen LogP contribution < -0.4 is 5.32 Å². The van der Waals surface area contributed by atoms with Crippen molar-refractivity contribution in [1.29, 1.82) is 0 Å². The van der Waals surface area contributed by atoms with E-state index in [0.29, 0.717) is 32.3 Å². The second-order valence-electron chi connectivity index (χ2n) is 3.91. The number of hydrogen-bond acceptors (Lipinski definition) is 4. The van der Waals surface area contributed by atoms with Crippen molar-refractivity contribution < 1.29 is 9.53 Å². The molecule has 1 heterocycles. The number of amides is 1. The lowest BCUT2D eigenvalue weighted by Gasteiger charge is -2.28. The molecule has 4 nitrogen and oxygen atoms in total. The van der Waals surface area contributed by atoms with Crippen LogP contribution in [0.5, 0.6) is 0 Å². The number of carbonyl (C=O) groups excluding carboxylic acids is 1. The van der Waals surface area contributed by atoms with Crippen LogP contribution in [0, 0.1) is 12.3 Å². The Balaban J connectivity index is 2.43. The highest BCUT2D eigenvalue weighted by Gasteiger charge is 2.26. The highest BCUT2D eigenvalue weighted by atomic mass is 32.2. The first-order valence-corrected chi connectivity index (χ1v) is 6.95. The third kappa shape index (κ3) is 4.99. The Morgan fingerprint density at radius 2 is 2.53 bits per heavy atom. The summed E-state index contributed by atoms with van der Waals surface area (Å²) in [5.74, 6) is 4.75. The van der Waals surface area contributed by atoms with Crippen molar-refractivity contribution in [1.82, 2.24) is 10.2 Å². The Labute approximate surface area is 107 Å². The van der Waals surface area contributed by atoms with Crippen molar-refractivity contribution in [2.75, 3.05) is 44.9 Å². The molecule has 5 heteroatoms. The third-order valence-corrected chi connectivity index (χ3v) is 3.85. The van der Waals surface area contributed by atoms with Crippen LogP contribution in [0.3, 0.4) is 0 Å². The molecule has 1 unspecified atom stereocenters. The molecule has 1 rings (SSSR count). The van der Waals surface area contributed by atoms with E-state index in [-0.39, 0.29) is 5.91 Å². The van der Waals surface area contributed by atoms with E-state index in [1.807, 2.05) is 16.7 Å². The monoisotopic (exact) mass is 256 g/mol. The van der Waals surface area contributed by atoms with Gasteiger partial charge in [0, 0.05) is 25.4 Å². The molecule has 1 saturated heterocycles. The van der Waals surface area contributed by atoms with Crippen LogP contribution in [0.4, 0.5) is 0 Å². The molecule has 0 aromatic carbocycles. The SMILES string of the molecule is C#CCNCC(=O)N(CCOC)C1CCSC1. The van der Waals surface area contributed by atoms with E-state index in [1.54, 1.807) is 7.11 Å². The van der Waals surface area contributed by atoms with Gasteiger partial charge in [-0.2, -0.15) is 11.8 Å². The van der Waals surface area contributed by atoms with Crippen LogP contribution in [0.25, 0.3) is 0 Å². The Kier molecular flexibility index (Phi) is 7.10. The van der Waals surface area contributed by atoms with Crippen LogP contribution >= 0.6 is 11.8 Å². The predicted octanol–water partition coefficient (Wildman–Crippen LogP) is 0.190. The lowest BCUT2D eigenvalue weighted by molar-refractivity contribution is -0.132. The lowest BCUT2D eigenvalue weighted by atomic mass is 10.2. The van der Waals surface area contributed by atoms with Gasteiger partial charge in [0.15, 0.2) is 0 Å². The van der Waals surface area contributed by atoms with Crippen molar-refractivity contribution in [3.8, 4) is 12.3 Å². The molecule has 17 heavy (non-hydrogen) atoms. The number of nitrogens with one attached hydrogen (secondary N) is 1. The van der Waals surface area contributed by atoms with Crippen LogP contribution in [0.15, 0.2) is 0 Å². The fourth-order valence-electron chi connectivity index (χ4n) is 1.81. The van der Waals surface area contributed by atoms with Crippen LogP contribution in [-0.2, 0) is 9.53 Å². The lowest BCUT2D eigenvalue weighted by Crippen LogP contribution is -2.46. The zero-order valence-electron chi connectivity index (χ0n) is 10.3. The van der Waals surface area contributed by atoms with Gasteiger partial charge in [-0.1, -0.05) is 5.92 Å². The summed E-state index contributed by atoms with van der Waals surface area (Å²) in [6.45, 7) is 2.00. The number of nitrogens with zero attached hydrogens (tertiary/aromatic N) is 1. The number of carbonyl (C=O) groups is 1. The average Bonchev–Trinajstić information content (AvgIpc) is 2.83. The van der Waals surface area contributed by atoms with Crippen molar-refractivity contribution in [2.45, 2.75) is 12.5 Å². The van der Waals surface area contributed by atoms with E-state index in [1.165, 1.54) is 0 Å². The molecule has 0 aromatic heterocycles. The second kappa shape index (κ2) is 8.40. The standard InChI is InChI=1S/C12H20N2O2S/c1-3-5-13-9-12(15)14(6-7-16-2)11-4-8-17-10-11/h1,11,13H,4-10H2,2H3. The quantitative estimate of drug-likeness (QED) is 0.521. The molecule has 0 aromatic rings. The summed E-state index contributed by atoms with van der Waals surface area (Å²) in [6, 6.07) is 0.357. The Morgan fingerprint density at radius 3 is 3.12 bits per heavy atom. The Hall–Kier alpha value is -0.700. The number of rotatable bonds is 7. The zero-order chi connectivity index (χ0) is 12.5. The second-order valence-corrected chi connectivity index (χ2v) is 5.05. The van der Waals surface area contributed by atoms with Gasteiger partial charge in [-0.15, -0.1) is 6.42 Å². The van der Waals surface area contributed by atoms with Gasteiger partial charge in [-0.3, -0.25) is 10.1 Å². The van der Waals surface area contributed by atoms with Gasteiger partial charge in [0.05, 0.1) is 19.7 Å². The largest absolute Gasteiger partial charge is 0.383 e. The first kappa shape index (κ1) is 14.4. The summed E-state index contributed by atoms with van der Waals surface area (Å²) in [4.78, 5) is 14.0. The molecule has 0 aliphatic carbocycles. The van der Waals surface area contributed by atoms with Gasteiger partial charge in [0.25, 0.3) is 0 Å². The van der Waals surface area contributed by atoms with Crippen molar-refractivity contribution in [3.63, 3.8) is 0 Å². The maximum absolute atomic E-state index is 12.0. The van der Waals surface area contributed by atoms with Crippen molar-refractivity contribution in [2.24, 2.45) is 0 Å². The highest BCUT2D eigenvalue weighted by Crippen LogP contribution is 2.22. The van der Waals surface area contributed by atoms with Gasteiger partial charge in [0.1, 0.15) is 0 Å². The molecule has 0 bridgehead atoms. The minimum atomic E-state index is 0.116. The predicted molar refractivity (Wildman–Crippen MR) is 71.0 cm³/mol. The van der Waals surface area contributed by atoms with E-state index < -0.39 is 0 Å². The minimum absolute atomic E-state index is 0.116. The molecular formula is C12H20N2O2S. The van der Waals surface area contributed by atoms with Crippen molar-refractivity contribution >= 4 is 17.7 Å². The van der Waals surface area contributed by atoms with Gasteiger partial charge in [-0.25, -0.2) is 0 Å². The normalized spacial score (nSPS) is 18.9. The van der Waals surface area contributed by atoms with Gasteiger partial charge in [0.2, 0.25) is 5.91 Å². The molecule has 96 valence electrons. The number of thioether (sulfide) groups is 1. The summed E-state index contributed by atoms with van der Waals surface area (Å²) < 4.78 is 5.05. The van der Waals surface area contributed by atoms with E-state index >= 15 is 0 Å². The van der Waals surface area contributed by atoms with E-state index in [4.69, 9.17) is 11.2 Å². The molecule has 1 amide bonds. The molecule has 0 spiro atoms. The van der Waals surface area contributed by atoms with Crippen LogP contribution in [0.1, 0.15) is 6.42 Å². The first-order valence-electron chi connectivity index (χ1n) is 5.80. The minimum Gasteiger partial charge on any atom is -0.383 e. The van der Waals surface area contributed by atoms with Gasteiger partial charge in [-0.05, 0) is 12.2 Å². The first-order chi connectivity index (χ1) is 8.29. The summed E-state index contributed by atoms with van der Waals surface area (Å²) in [5, 5.41) is 2.94. The Bertz CT molecular complexity index is 272. The highest BCUT2D eigenvalue weighted by molar-refractivity contribution is 7.99. The maximum Gasteiger partial charge on any atom is 0.236 e. The number of terminal acetylenes is 1. The number of hydrogen-bond donors (Lipinski definition) is 1. The molecule has 1 aliphatic rings. The van der Waals surface area contributed by atoms with Crippen LogP contribution in [-0.4, -0.2) is 61.7 Å². The van der Waals surface area contributed by atoms with Gasteiger partial charge >= 0.3 is 0 Å². The van der Waals surface area contributed by atoms with Gasteiger partial charge < -0.3 is 9.64 Å². The summed E-state index contributed by atoms with van der Waals surface area (Å²) in [5.41, 5.74) is 0. The summed E-state index contributed by atoms with van der Waals surface area (Å²) in [6.07, 6.45) is 6.21. The molecule has 1 fully saturated rings. The number of ether oxygens (including phenoxy) is 1. The average molecular weight is 256 g/mol. The Morgan fingerprint density at radius 1 is 1.71 bits per heavy atom. The zero-order valence-corrected chi connectivity index (χ0v) is 11.1. The topological polar surface area (TPSA) is 41.6 Å². The number of methoxy groups -OCH3 is 1. The van der Waals surface area contributed by atoms with Crippen molar-refractivity contribution in [3.05, 3.63) is 0 Å². The molecule has 1 atom stereocenters. The van der Waals surface area contributed by atoms with E-state index in [0.717, 1.165) is 17.9 Å². The van der Waals surface area contributed by atoms with E-state index in [9.17, 15) is 4.79 Å².